The van der Waals surface area contributed by atoms with Crippen molar-refractivity contribution in [1.82, 2.24) is 0 Å². The largest absolute Gasteiger partial charge is 0.507 e. The molecule has 0 aliphatic carbocycles. The summed E-state index contributed by atoms with van der Waals surface area (Å²) < 4.78 is 0. The summed E-state index contributed by atoms with van der Waals surface area (Å²) in [6, 6.07) is 7.00. The third-order valence-electron chi connectivity index (χ3n) is 1.26. The van der Waals surface area contributed by atoms with E-state index in [1.807, 2.05) is 6.07 Å². The van der Waals surface area contributed by atoms with Gasteiger partial charge in [0.25, 0.3) is 0 Å². The minimum atomic E-state index is 0.234. The first-order chi connectivity index (χ1) is 5.34. The van der Waals surface area contributed by atoms with Crippen LogP contribution >= 0.6 is 0 Å². The third-order valence-corrected chi connectivity index (χ3v) is 1.26. The smallest absolute Gasteiger partial charge is 0.124 e. The first-order valence-electron chi connectivity index (χ1n) is 3.26. The molecule has 56 valence electrons. The Hall–Kier alpha value is -1.57. The number of para-hydroxylation sites is 1. The summed E-state index contributed by atoms with van der Waals surface area (Å²) in [5.74, 6) is 0.234. The summed E-state index contributed by atoms with van der Waals surface area (Å²) in [5, 5.41) is 9.21. The van der Waals surface area contributed by atoms with Gasteiger partial charge in [-0.25, -0.2) is 0 Å². The summed E-state index contributed by atoms with van der Waals surface area (Å²) in [6.07, 6.45) is 2.98. The molecule has 1 aromatic carbocycles. The van der Waals surface area contributed by atoms with Crippen molar-refractivity contribution in [1.29, 1.82) is 0 Å². The Labute approximate surface area is 65.5 Å². The van der Waals surface area contributed by atoms with Crippen LogP contribution in [-0.2, 0) is 0 Å². The number of benzene rings is 1. The van der Waals surface area contributed by atoms with Crippen molar-refractivity contribution in [2.75, 3.05) is 0 Å². The quantitative estimate of drug-likeness (QED) is 0.637. The highest BCUT2D eigenvalue weighted by molar-refractivity contribution is 5.83. The van der Waals surface area contributed by atoms with Crippen LogP contribution in [0, 0.1) is 0 Å². The summed E-state index contributed by atoms with van der Waals surface area (Å²) in [4.78, 5) is 3.78. The summed E-state index contributed by atoms with van der Waals surface area (Å²) in [6.45, 7) is 3.43. The number of phenolic OH excluding ortho intramolecular Hbond substituents is 1. The van der Waals surface area contributed by atoms with Crippen molar-refractivity contribution in [2.24, 2.45) is 4.99 Å². The van der Waals surface area contributed by atoms with E-state index in [0.29, 0.717) is 5.56 Å². The number of aliphatic imine (C=N–C) groups is 1. The van der Waals surface area contributed by atoms with Crippen molar-refractivity contribution in [2.45, 2.75) is 0 Å². The van der Waals surface area contributed by atoms with Crippen molar-refractivity contribution in [3.63, 3.8) is 0 Å². The topological polar surface area (TPSA) is 32.6 Å². The van der Waals surface area contributed by atoms with Gasteiger partial charge in [-0.15, -0.1) is 0 Å². The Morgan fingerprint density at radius 2 is 2.09 bits per heavy atom. The highest BCUT2D eigenvalue weighted by Gasteiger charge is 1.92. The minimum absolute atomic E-state index is 0.234. The van der Waals surface area contributed by atoms with Crippen molar-refractivity contribution in [3.8, 4) is 5.75 Å². The number of rotatable bonds is 2. The third kappa shape index (κ3) is 1.93. The molecule has 0 bridgehead atoms. The zero-order valence-electron chi connectivity index (χ0n) is 6.07. The second-order valence-electron chi connectivity index (χ2n) is 2.02. The Balaban J connectivity index is 2.94. The predicted molar refractivity (Wildman–Crippen MR) is 45.9 cm³/mol. The van der Waals surface area contributed by atoms with Gasteiger partial charge in [-0.2, -0.15) is 0 Å². The molecule has 11 heavy (non-hydrogen) atoms. The second kappa shape index (κ2) is 3.56. The molecule has 0 saturated carbocycles. The molecule has 0 aromatic heterocycles. The van der Waals surface area contributed by atoms with E-state index in [9.17, 15) is 5.11 Å². The maximum atomic E-state index is 9.21. The van der Waals surface area contributed by atoms with Crippen LogP contribution in [0.25, 0.3) is 0 Å². The molecule has 0 heterocycles. The normalized spacial score (nSPS) is 10.2. The fraction of sp³-hybridized carbons (Fsp3) is 0. The molecular formula is C9H9NO. The first kappa shape index (κ1) is 7.54. The van der Waals surface area contributed by atoms with Gasteiger partial charge in [0.15, 0.2) is 0 Å². The van der Waals surface area contributed by atoms with Crippen molar-refractivity contribution in [3.05, 3.63) is 42.6 Å². The van der Waals surface area contributed by atoms with Crippen molar-refractivity contribution >= 4 is 6.21 Å². The molecule has 1 N–H and O–H groups in total. The lowest BCUT2D eigenvalue weighted by Gasteiger charge is -1.94. The zero-order chi connectivity index (χ0) is 8.10. The lowest BCUT2D eigenvalue weighted by molar-refractivity contribution is 0.474. The molecular weight excluding hydrogens is 138 g/mol. The molecule has 1 rings (SSSR count). The molecule has 2 nitrogen and oxygen atoms in total. The Kier molecular flexibility index (Phi) is 2.44. The van der Waals surface area contributed by atoms with Crippen LogP contribution in [0.15, 0.2) is 42.0 Å². The van der Waals surface area contributed by atoms with E-state index in [4.69, 9.17) is 0 Å². The number of aromatic hydroxyl groups is 1. The molecule has 0 spiro atoms. The summed E-state index contributed by atoms with van der Waals surface area (Å²) >= 11 is 0. The van der Waals surface area contributed by atoms with Crippen LogP contribution in [0.4, 0.5) is 0 Å². The van der Waals surface area contributed by atoms with Gasteiger partial charge in [0.1, 0.15) is 5.75 Å². The Morgan fingerprint density at radius 3 is 2.73 bits per heavy atom. The Morgan fingerprint density at radius 1 is 1.36 bits per heavy atom. The van der Waals surface area contributed by atoms with Crippen LogP contribution in [0.5, 0.6) is 5.75 Å². The molecule has 0 saturated heterocycles. The molecule has 0 unspecified atom stereocenters. The molecule has 0 atom stereocenters. The van der Waals surface area contributed by atoms with Gasteiger partial charge in [-0.1, -0.05) is 18.7 Å². The minimum Gasteiger partial charge on any atom is -0.507 e. The van der Waals surface area contributed by atoms with E-state index in [1.54, 1.807) is 24.4 Å². The Bertz CT molecular complexity index is 279. The van der Waals surface area contributed by atoms with Crippen LogP contribution in [0.1, 0.15) is 5.56 Å². The second-order valence-corrected chi connectivity index (χ2v) is 2.02. The zero-order valence-corrected chi connectivity index (χ0v) is 6.07. The van der Waals surface area contributed by atoms with Crippen LogP contribution in [-0.4, -0.2) is 11.3 Å². The maximum Gasteiger partial charge on any atom is 0.124 e. The van der Waals surface area contributed by atoms with Gasteiger partial charge in [0, 0.05) is 18.0 Å². The number of hydrogen-bond donors (Lipinski definition) is 1. The van der Waals surface area contributed by atoms with Gasteiger partial charge < -0.3 is 5.11 Å². The van der Waals surface area contributed by atoms with Crippen LogP contribution in [0.3, 0.4) is 0 Å². The SMILES string of the molecule is C=C/N=C\c1ccccc1O. The van der Waals surface area contributed by atoms with E-state index in [2.05, 4.69) is 11.6 Å². The standard InChI is InChI=1S/C9H9NO/c1-2-10-7-8-5-3-4-6-9(8)11/h2-7,11H,1H2/b10-7-. The first-order valence-corrected chi connectivity index (χ1v) is 3.26. The maximum absolute atomic E-state index is 9.21. The van der Waals surface area contributed by atoms with E-state index in [0.717, 1.165) is 0 Å². The number of nitrogens with zero attached hydrogens (tertiary/aromatic N) is 1. The lowest BCUT2D eigenvalue weighted by atomic mass is 10.2. The van der Waals surface area contributed by atoms with E-state index in [1.165, 1.54) is 6.20 Å². The van der Waals surface area contributed by atoms with Gasteiger partial charge in [0.05, 0.1) is 0 Å². The molecule has 0 fully saturated rings. The monoisotopic (exact) mass is 147 g/mol. The van der Waals surface area contributed by atoms with E-state index >= 15 is 0 Å². The molecule has 2 heteroatoms. The molecule has 0 radical (unpaired) electrons. The lowest BCUT2D eigenvalue weighted by Crippen LogP contribution is -1.79. The summed E-state index contributed by atoms with van der Waals surface area (Å²) in [7, 11) is 0. The highest BCUT2D eigenvalue weighted by atomic mass is 16.3. The van der Waals surface area contributed by atoms with Gasteiger partial charge >= 0.3 is 0 Å². The van der Waals surface area contributed by atoms with Gasteiger partial charge in [-0.05, 0) is 12.1 Å². The van der Waals surface area contributed by atoms with E-state index in [-0.39, 0.29) is 5.75 Å². The van der Waals surface area contributed by atoms with E-state index < -0.39 is 0 Å². The molecule has 0 amide bonds. The predicted octanol–water partition coefficient (Wildman–Crippen LogP) is 1.95. The molecule has 0 aliphatic rings. The average molecular weight is 147 g/mol. The average Bonchev–Trinajstić information content (AvgIpc) is 2.03. The van der Waals surface area contributed by atoms with Gasteiger partial charge in [0.2, 0.25) is 0 Å². The summed E-state index contributed by atoms with van der Waals surface area (Å²) in [5.41, 5.74) is 0.701. The molecule has 0 aliphatic heterocycles. The van der Waals surface area contributed by atoms with Gasteiger partial charge in [-0.3, -0.25) is 4.99 Å². The fourth-order valence-corrected chi connectivity index (χ4v) is 0.730. The van der Waals surface area contributed by atoms with Crippen molar-refractivity contribution < 1.29 is 5.11 Å². The number of hydrogen-bond acceptors (Lipinski definition) is 2. The molecule has 1 aromatic rings. The van der Waals surface area contributed by atoms with Crippen LogP contribution in [0.2, 0.25) is 0 Å². The van der Waals surface area contributed by atoms with Crippen LogP contribution < -0.4 is 0 Å². The number of phenols is 1. The fourth-order valence-electron chi connectivity index (χ4n) is 0.730. The highest BCUT2D eigenvalue weighted by Crippen LogP contribution is 2.12.